The van der Waals surface area contributed by atoms with Crippen LogP contribution < -0.4 is 15.5 Å². The Morgan fingerprint density at radius 2 is 1.58 bits per heavy atom. The van der Waals surface area contributed by atoms with E-state index in [2.05, 4.69) is 15.8 Å². The Bertz CT molecular complexity index is 1030. The minimum atomic E-state index is -0.162. The van der Waals surface area contributed by atoms with Gasteiger partial charge in [0.1, 0.15) is 5.75 Å². The third-order valence-corrected chi connectivity index (χ3v) is 5.59. The van der Waals surface area contributed by atoms with Gasteiger partial charge in [0.25, 0.3) is 5.91 Å². The van der Waals surface area contributed by atoms with E-state index >= 15 is 0 Å². The van der Waals surface area contributed by atoms with Crippen molar-refractivity contribution < 1.29 is 14.3 Å². The number of benzene rings is 3. The molecule has 3 aromatic carbocycles. The Balaban J connectivity index is 1.30. The van der Waals surface area contributed by atoms with E-state index < -0.39 is 0 Å². The fourth-order valence-electron chi connectivity index (χ4n) is 2.85. The van der Waals surface area contributed by atoms with Crippen molar-refractivity contribution in [3.8, 4) is 5.75 Å². The zero-order chi connectivity index (χ0) is 23.1. The fraction of sp³-hybridized carbons (Fsp3) is 0.192. The molecular formula is C26H27N3O3S. The average Bonchev–Trinajstić information content (AvgIpc) is 2.85. The molecule has 0 aromatic heterocycles. The molecular weight excluding hydrogens is 434 g/mol. The van der Waals surface area contributed by atoms with Crippen LogP contribution in [0.1, 0.15) is 17.5 Å². The lowest BCUT2D eigenvalue weighted by molar-refractivity contribution is -0.123. The molecule has 3 aromatic rings. The minimum Gasteiger partial charge on any atom is -0.484 e. The van der Waals surface area contributed by atoms with Crippen LogP contribution >= 0.6 is 11.8 Å². The van der Waals surface area contributed by atoms with Crippen molar-refractivity contribution in [2.75, 3.05) is 18.9 Å². The van der Waals surface area contributed by atoms with E-state index in [1.807, 2.05) is 72.8 Å². The Labute approximate surface area is 198 Å². The van der Waals surface area contributed by atoms with Gasteiger partial charge in [-0.1, -0.05) is 48.5 Å². The number of thioether (sulfide) groups is 1. The maximum atomic E-state index is 11.9. The Morgan fingerprint density at radius 1 is 0.879 bits per heavy atom. The van der Waals surface area contributed by atoms with Crippen LogP contribution in [0.15, 0.2) is 94.9 Å². The molecule has 0 saturated heterocycles. The van der Waals surface area contributed by atoms with Crippen molar-refractivity contribution in [2.45, 2.75) is 17.7 Å². The molecule has 0 fully saturated rings. The quantitative estimate of drug-likeness (QED) is 0.242. The van der Waals surface area contributed by atoms with Crippen molar-refractivity contribution in [2.24, 2.45) is 5.10 Å². The average molecular weight is 462 g/mol. The van der Waals surface area contributed by atoms with Gasteiger partial charge in [-0.15, -0.1) is 11.8 Å². The number of nitrogens with zero attached hydrogens (tertiary/aromatic N) is 1. The van der Waals surface area contributed by atoms with Gasteiger partial charge in [0, 0.05) is 23.6 Å². The molecule has 0 unspecified atom stereocenters. The summed E-state index contributed by atoms with van der Waals surface area (Å²) in [4.78, 5) is 25.0. The zero-order valence-electron chi connectivity index (χ0n) is 18.3. The van der Waals surface area contributed by atoms with Gasteiger partial charge < -0.3 is 10.1 Å². The van der Waals surface area contributed by atoms with E-state index in [9.17, 15) is 9.59 Å². The summed E-state index contributed by atoms with van der Waals surface area (Å²) in [5.41, 5.74) is 4.53. The highest BCUT2D eigenvalue weighted by Crippen LogP contribution is 2.17. The van der Waals surface area contributed by atoms with Gasteiger partial charge in [0.2, 0.25) is 5.91 Å². The van der Waals surface area contributed by atoms with E-state index in [0.717, 1.165) is 16.9 Å². The van der Waals surface area contributed by atoms with Crippen LogP contribution in [0, 0.1) is 0 Å². The lowest BCUT2D eigenvalue weighted by Gasteiger charge is -2.08. The van der Waals surface area contributed by atoms with Crippen LogP contribution in [0.4, 0.5) is 0 Å². The second kappa shape index (κ2) is 13.8. The first-order valence-corrected chi connectivity index (χ1v) is 11.7. The molecule has 0 spiro atoms. The van der Waals surface area contributed by atoms with E-state index in [1.54, 1.807) is 30.1 Å². The lowest BCUT2D eigenvalue weighted by atomic mass is 10.1. The van der Waals surface area contributed by atoms with Crippen LogP contribution in [-0.4, -0.2) is 36.9 Å². The van der Waals surface area contributed by atoms with Gasteiger partial charge in [0.05, 0.1) is 6.21 Å². The Kier molecular flexibility index (Phi) is 10.0. The molecule has 0 aliphatic carbocycles. The predicted octanol–water partition coefficient (Wildman–Crippen LogP) is 4.06. The van der Waals surface area contributed by atoms with Crippen molar-refractivity contribution in [3.05, 3.63) is 96.1 Å². The lowest BCUT2D eigenvalue weighted by Crippen LogP contribution is -2.30. The van der Waals surface area contributed by atoms with Crippen molar-refractivity contribution in [1.29, 1.82) is 0 Å². The molecule has 6 nitrogen and oxygen atoms in total. The van der Waals surface area contributed by atoms with Crippen molar-refractivity contribution >= 4 is 29.8 Å². The third kappa shape index (κ3) is 9.62. The Hall–Kier alpha value is -3.58. The van der Waals surface area contributed by atoms with Gasteiger partial charge in [-0.2, -0.15) is 5.10 Å². The summed E-state index contributed by atoms with van der Waals surface area (Å²) in [5, 5.41) is 6.84. The molecule has 33 heavy (non-hydrogen) atoms. The van der Waals surface area contributed by atoms with Gasteiger partial charge in [0.15, 0.2) is 6.61 Å². The third-order valence-electron chi connectivity index (χ3n) is 4.57. The molecule has 7 heteroatoms. The molecule has 0 aliphatic rings. The topological polar surface area (TPSA) is 79.8 Å². The van der Waals surface area contributed by atoms with Gasteiger partial charge in [-0.25, -0.2) is 5.43 Å². The van der Waals surface area contributed by atoms with Crippen LogP contribution in [0.5, 0.6) is 5.75 Å². The molecule has 0 aliphatic heterocycles. The predicted molar refractivity (Wildman–Crippen MR) is 133 cm³/mol. The summed E-state index contributed by atoms with van der Waals surface area (Å²) in [7, 11) is 0. The van der Waals surface area contributed by atoms with E-state index in [0.29, 0.717) is 24.5 Å². The number of ether oxygens (including phenoxy) is 1. The smallest absolute Gasteiger partial charge is 0.257 e. The van der Waals surface area contributed by atoms with Crippen molar-refractivity contribution in [1.82, 2.24) is 10.7 Å². The molecule has 0 atom stereocenters. The summed E-state index contributed by atoms with van der Waals surface area (Å²) < 4.78 is 5.52. The first-order chi connectivity index (χ1) is 16.2. The molecule has 0 heterocycles. The fourth-order valence-corrected chi connectivity index (χ4v) is 3.73. The second-order valence-electron chi connectivity index (χ2n) is 7.15. The summed E-state index contributed by atoms with van der Waals surface area (Å²) >= 11 is 1.63. The van der Waals surface area contributed by atoms with Crippen molar-refractivity contribution in [3.63, 3.8) is 0 Å². The monoisotopic (exact) mass is 461 g/mol. The van der Waals surface area contributed by atoms with Gasteiger partial charge >= 0.3 is 0 Å². The minimum absolute atomic E-state index is 0.0424. The number of carbonyl (C=O) groups is 2. The molecule has 2 amide bonds. The molecule has 0 bridgehead atoms. The number of hydrogen-bond donors (Lipinski definition) is 2. The first kappa shape index (κ1) is 24.1. The summed E-state index contributed by atoms with van der Waals surface area (Å²) in [6.07, 6.45) is 2.74. The van der Waals surface area contributed by atoms with E-state index in [4.69, 9.17) is 4.74 Å². The summed E-state index contributed by atoms with van der Waals surface area (Å²) in [5.74, 6) is 0.988. The molecule has 0 radical (unpaired) electrons. The zero-order valence-corrected chi connectivity index (χ0v) is 19.1. The van der Waals surface area contributed by atoms with Crippen LogP contribution in [0.2, 0.25) is 0 Å². The number of rotatable bonds is 12. The van der Waals surface area contributed by atoms with Crippen LogP contribution in [0.3, 0.4) is 0 Å². The maximum Gasteiger partial charge on any atom is 0.257 e. The normalized spacial score (nSPS) is 10.7. The molecule has 2 N–H and O–H groups in total. The van der Waals surface area contributed by atoms with Crippen LogP contribution in [0.25, 0.3) is 0 Å². The first-order valence-electron chi connectivity index (χ1n) is 10.7. The molecule has 3 rings (SSSR count). The summed E-state index contributed by atoms with van der Waals surface area (Å²) in [6.45, 7) is 0.525. The van der Waals surface area contributed by atoms with Crippen LogP contribution in [-0.2, 0) is 16.0 Å². The van der Waals surface area contributed by atoms with E-state index in [-0.39, 0.29) is 18.4 Å². The number of carbonyl (C=O) groups excluding carboxylic acids is 2. The highest BCUT2D eigenvalue weighted by molar-refractivity contribution is 7.99. The Morgan fingerprint density at radius 3 is 2.30 bits per heavy atom. The number of hydrazone groups is 1. The summed E-state index contributed by atoms with van der Waals surface area (Å²) in [6, 6.07) is 27.1. The number of nitrogens with one attached hydrogen (secondary N) is 2. The number of amides is 2. The maximum absolute atomic E-state index is 11.9. The highest BCUT2D eigenvalue weighted by atomic mass is 32.2. The second-order valence-corrected chi connectivity index (χ2v) is 8.32. The highest BCUT2D eigenvalue weighted by Gasteiger charge is 2.03. The standard InChI is InChI=1S/C26H27N3O3S/c30-25(16-18-33-24-9-5-2-6-10-24)29-28-19-22-11-13-23(14-12-22)32-20-26(31)27-17-15-21-7-3-1-4-8-21/h1-14,19H,15-18,20H2,(H,27,31)(H,29,30)/b28-19+. The van der Waals surface area contributed by atoms with Gasteiger partial charge in [-0.05, 0) is 53.9 Å². The van der Waals surface area contributed by atoms with E-state index in [1.165, 1.54) is 5.56 Å². The van der Waals surface area contributed by atoms with Gasteiger partial charge in [-0.3, -0.25) is 9.59 Å². The molecule has 0 saturated carbocycles. The largest absolute Gasteiger partial charge is 0.484 e. The molecule has 170 valence electrons. The SMILES string of the molecule is O=C(COc1ccc(/C=N/NC(=O)CCSc2ccccc2)cc1)NCCc1ccccc1. The number of hydrogen-bond acceptors (Lipinski definition) is 5.